The zero-order valence-corrected chi connectivity index (χ0v) is 14.2. The van der Waals surface area contributed by atoms with E-state index in [-0.39, 0.29) is 12.3 Å². The van der Waals surface area contributed by atoms with E-state index in [0.717, 1.165) is 11.4 Å². The van der Waals surface area contributed by atoms with Gasteiger partial charge in [0.05, 0.1) is 12.0 Å². The second kappa shape index (κ2) is 6.86. The van der Waals surface area contributed by atoms with Crippen molar-refractivity contribution in [3.05, 3.63) is 66.0 Å². The van der Waals surface area contributed by atoms with Crippen LogP contribution >= 0.6 is 0 Å². The molecular formula is C19H20N4O2. The minimum atomic E-state index is -1.22. The van der Waals surface area contributed by atoms with Crippen molar-refractivity contribution in [2.75, 3.05) is 5.32 Å². The van der Waals surface area contributed by atoms with E-state index >= 15 is 0 Å². The second-order valence-corrected chi connectivity index (χ2v) is 6.19. The Bertz CT molecular complexity index is 855. The summed E-state index contributed by atoms with van der Waals surface area (Å²) in [5.41, 5.74) is 1.01. The Morgan fingerprint density at radius 3 is 2.44 bits per heavy atom. The first-order chi connectivity index (χ1) is 11.9. The summed E-state index contributed by atoms with van der Waals surface area (Å²) >= 11 is 0. The summed E-state index contributed by atoms with van der Waals surface area (Å²) in [5, 5.41) is 20.3. The summed E-state index contributed by atoms with van der Waals surface area (Å²) in [6, 6.07) is 16.4. The largest absolute Gasteiger partial charge is 0.385 e. The van der Waals surface area contributed by atoms with Gasteiger partial charge in [0.15, 0.2) is 5.82 Å². The van der Waals surface area contributed by atoms with Crippen molar-refractivity contribution < 1.29 is 9.90 Å². The van der Waals surface area contributed by atoms with Crippen LogP contribution in [0.2, 0.25) is 0 Å². The molecule has 128 valence electrons. The molecule has 25 heavy (non-hydrogen) atoms. The Morgan fingerprint density at radius 1 is 1.16 bits per heavy atom. The number of aliphatic hydroxyl groups is 1. The minimum Gasteiger partial charge on any atom is -0.385 e. The Labute approximate surface area is 145 Å². The highest BCUT2D eigenvalue weighted by Gasteiger charge is 2.26. The average molecular weight is 336 g/mol. The minimum absolute atomic E-state index is 0.0289. The van der Waals surface area contributed by atoms with Gasteiger partial charge < -0.3 is 10.4 Å². The summed E-state index contributed by atoms with van der Waals surface area (Å²) in [5.74, 6) is 1.10. The number of carbonyl (C=O) groups excluding carboxylic acids is 1. The molecule has 1 amide bonds. The summed E-state index contributed by atoms with van der Waals surface area (Å²) in [6.45, 7) is 3.47. The standard InChI is InChI=1S/C19H20N4O2/c1-13-20-18(23-22-13)14-8-10-16(11-9-14)21-17(24)12-19(2,25)15-6-4-3-5-7-15/h3-11,25H,12H2,1-2H3,(H,21,24)(H,20,22,23). The number of carbonyl (C=O) groups is 1. The molecule has 0 fully saturated rings. The number of nitrogens with zero attached hydrogens (tertiary/aromatic N) is 2. The Hall–Kier alpha value is -2.99. The molecule has 0 saturated carbocycles. The zero-order valence-electron chi connectivity index (χ0n) is 14.2. The van der Waals surface area contributed by atoms with Gasteiger partial charge in [-0.3, -0.25) is 9.89 Å². The summed E-state index contributed by atoms with van der Waals surface area (Å²) in [4.78, 5) is 16.5. The smallest absolute Gasteiger partial charge is 0.227 e. The van der Waals surface area contributed by atoms with Gasteiger partial charge in [-0.1, -0.05) is 30.3 Å². The van der Waals surface area contributed by atoms with Crippen LogP contribution in [0.5, 0.6) is 0 Å². The predicted molar refractivity (Wildman–Crippen MR) is 95.8 cm³/mol. The van der Waals surface area contributed by atoms with E-state index < -0.39 is 5.60 Å². The van der Waals surface area contributed by atoms with Crippen molar-refractivity contribution in [1.29, 1.82) is 0 Å². The molecule has 1 aromatic heterocycles. The molecule has 0 bridgehead atoms. The number of benzene rings is 2. The van der Waals surface area contributed by atoms with E-state index in [1.54, 1.807) is 31.2 Å². The maximum Gasteiger partial charge on any atom is 0.227 e. The molecular weight excluding hydrogens is 316 g/mol. The van der Waals surface area contributed by atoms with Gasteiger partial charge in [-0.15, -0.1) is 0 Å². The fraction of sp³-hybridized carbons (Fsp3) is 0.211. The zero-order chi connectivity index (χ0) is 17.9. The highest BCUT2D eigenvalue weighted by Crippen LogP contribution is 2.25. The van der Waals surface area contributed by atoms with Crippen molar-refractivity contribution >= 4 is 11.6 Å². The van der Waals surface area contributed by atoms with Gasteiger partial charge in [0, 0.05) is 11.3 Å². The highest BCUT2D eigenvalue weighted by atomic mass is 16.3. The number of anilines is 1. The summed E-state index contributed by atoms with van der Waals surface area (Å²) in [6.07, 6.45) is -0.0289. The van der Waals surface area contributed by atoms with Crippen molar-refractivity contribution in [2.45, 2.75) is 25.9 Å². The molecule has 2 aromatic carbocycles. The second-order valence-electron chi connectivity index (χ2n) is 6.19. The van der Waals surface area contributed by atoms with Crippen LogP contribution in [0, 0.1) is 6.92 Å². The Kier molecular flexibility index (Phi) is 4.63. The monoisotopic (exact) mass is 336 g/mol. The molecule has 3 N–H and O–H groups in total. The highest BCUT2D eigenvalue weighted by molar-refractivity contribution is 5.91. The molecule has 0 aliphatic heterocycles. The third-order valence-corrected chi connectivity index (χ3v) is 3.92. The van der Waals surface area contributed by atoms with Crippen LogP contribution in [-0.2, 0) is 10.4 Å². The first-order valence-corrected chi connectivity index (χ1v) is 8.01. The Balaban J connectivity index is 1.65. The van der Waals surface area contributed by atoms with Crippen molar-refractivity contribution in [1.82, 2.24) is 15.2 Å². The van der Waals surface area contributed by atoms with E-state index in [4.69, 9.17) is 0 Å². The molecule has 0 aliphatic carbocycles. The van der Waals surface area contributed by atoms with E-state index in [0.29, 0.717) is 17.1 Å². The Morgan fingerprint density at radius 2 is 1.84 bits per heavy atom. The lowest BCUT2D eigenvalue weighted by Crippen LogP contribution is -2.28. The number of H-pyrrole nitrogens is 1. The lowest BCUT2D eigenvalue weighted by atomic mass is 9.92. The fourth-order valence-electron chi connectivity index (χ4n) is 2.59. The third-order valence-electron chi connectivity index (χ3n) is 3.92. The normalized spacial score (nSPS) is 13.2. The fourth-order valence-corrected chi connectivity index (χ4v) is 2.59. The molecule has 1 atom stereocenters. The maximum atomic E-state index is 12.3. The molecule has 0 spiro atoms. The number of nitrogens with one attached hydrogen (secondary N) is 2. The van der Waals surface area contributed by atoms with Crippen molar-refractivity contribution in [3.63, 3.8) is 0 Å². The van der Waals surface area contributed by atoms with Gasteiger partial charge in [0.2, 0.25) is 5.91 Å². The van der Waals surface area contributed by atoms with E-state index in [2.05, 4.69) is 20.5 Å². The molecule has 0 radical (unpaired) electrons. The van der Waals surface area contributed by atoms with Crippen LogP contribution in [0.15, 0.2) is 54.6 Å². The van der Waals surface area contributed by atoms with Crippen LogP contribution in [0.4, 0.5) is 5.69 Å². The topological polar surface area (TPSA) is 90.9 Å². The summed E-state index contributed by atoms with van der Waals surface area (Å²) < 4.78 is 0. The van der Waals surface area contributed by atoms with Crippen molar-refractivity contribution in [3.8, 4) is 11.4 Å². The predicted octanol–water partition coefficient (Wildman–Crippen LogP) is 3.02. The molecule has 3 aromatic rings. The van der Waals surface area contributed by atoms with Crippen LogP contribution in [0.25, 0.3) is 11.4 Å². The van der Waals surface area contributed by atoms with Gasteiger partial charge in [0.1, 0.15) is 5.82 Å². The first kappa shape index (κ1) is 16.9. The van der Waals surface area contributed by atoms with E-state index in [1.807, 2.05) is 37.3 Å². The lowest BCUT2D eigenvalue weighted by Gasteiger charge is -2.23. The number of amides is 1. The SMILES string of the molecule is Cc1nc(-c2ccc(NC(=O)CC(C)(O)c3ccccc3)cc2)n[nH]1. The number of rotatable bonds is 5. The van der Waals surface area contributed by atoms with Crippen LogP contribution in [-0.4, -0.2) is 26.2 Å². The van der Waals surface area contributed by atoms with E-state index in [1.165, 1.54) is 0 Å². The third kappa shape index (κ3) is 4.10. The van der Waals surface area contributed by atoms with Crippen LogP contribution in [0.1, 0.15) is 24.7 Å². The number of hydrogen-bond acceptors (Lipinski definition) is 4. The maximum absolute atomic E-state index is 12.3. The molecule has 1 unspecified atom stereocenters. The van der Waals surface area contributed by atoms with Gasteiger partial charge in [-0.25, -0.2) is 4.98 Å². The van der Waals surface area contributed by atoms with Crippen molar-refractivity contribution in [2.24, 2.45) is 0 Å². The number of hydrogen-bond donors (Lipinski definition) is 3. The molecule has 6 nitrogen and oxygen atoms in total. The van der Waals surface area contributed by atoms with E-state index in [9.17, 15) is 9.90 Å². The number of aryl methyl sites for hydroxylation is 1. The summed E-state index contributed by atoms with van der Waals surface area (Å²) in [7, 11) is 0. The number of aromatic amines is 1. The van der Waals surface area contributed by atoms with Crippen LogP contribution in [0.3, 0.4) is 0 Å². The van der Waals surface area contributed by atoms with Gasteiger partial charge in [0.25, 0.3) is 0 Å². The number of aromatic nitrogens is 3. The first-order valence-electron chi connectivity index (χ1n) is 8.01. The molecule has 3 rings (SSSR count). The molecule has 0 aliphatic rings. The van der Waals surface area contributed by atoms with Crippen LogP contribution < -0.4 is 5.32 Å². The van der Waals surface area contributed by atoms with Gasteiger partial charge >= 0.3 is 0 Å². The van der Waals surface area contributed by atoms with Gasteiger partial charge in [-0.05, 0) is 43.7 Å². The quantitative estimate of drug-likeness (QED) is 0.668. The molecule has 1 heterocycles. The average Bonchev–Trinajstić information content (AvgIpc) is 3.02. The molecule has 0 saturated heterocycles. The lowest BCUT2D eigenvalue weighted by molar-refractivity contribution is -0.120. The molecule has 6 heteroatoms. The van der Waals surface area contributed by atoms with Gasteiger partial charge in [-0.2, -0.15) is 5.10 Å².